The summed E-state index contributed by atoms with van der Waals surface area (Å²) in [5, 5.41) is 6.44. The van der Waals surface area contributed by atoms with Gasteiger partial charge in [-0.15, -0.1) is 12.4 Å². The topological polar surface area (TPSA) is 84.2 Å². The number of nitrogens with two attached hydrogens (primary N) is 1. The molecule has 0 heterocycles. The number of nitrogens with one attached hydrogen (secondary N) is 2. The first-order chi connectivity index (χ1) is 12.1. The minimum absolute atomic E-state index is 0. The lowest BCUT2D eigenvalue weighted by atomic mass is 9.84. The fraction of sp³-hybridized carbons (Fsp3) is 0.900. The number of halogens is 1. The average molecular weight is 386 g/mol. The number of carbonyl (C=O) groups is 2. The molecule has 0 aliphatic heterocycles. The van der Waals surface area contributed by atoms with Crippen LogP contribution in [0.4, 0.5) is 0 Å². The maximum atomic E-state index is 12.5. The van der Waals surface area contributed by atoms with Gasteiger partial charge in [0, 0.05) is 30.5 Å². The van der Waals surface area contributed by atoms with Gasteiger partial charge in [0.1, 0.15) is 0 Å². The number of carbonyl (C=O) groups excluding carboxylic acids is 2. The van der Waals surface area contributed by atoms with Crippen molar-refractivity contribution in [3.8, 4) is 0 Å². The quantitative estimate of drug-likeness (QED) is 0.680. The Morgan fingerprint density at radius 3 is 1.92 bits per heavy atom. The van der Waals surface area contributed by atoms with Crippen LogP contribution >= 0.6 is 12.4 Å². The van der Waals surface area contributed by atoms with Crippen LogP contribution in [0.5, 0.6) is 0 Å². The molecule has 3 aliphatic carbocycles. The van der Waals surface area contributed by atoms with Gasteiger partial charge in [0.2, 0.25) is 11.8 Å². The van der Waals surface area contributed by atoms with E-state index in [0.29, 0.717) is 24.4 Å². The zero-order valence-corrected chi connectivity index (χ0v) is 16.7. The molecule has 0 bridgehead atoms. The molecule has 0 aromatic heterocycles. The van der Waals surface area contributed by atoms with Crippen molar-refractivity contribution in [2.75, 3.05) is 0 Å². The van der Waals surface area contributed by atoms with Gasteiger partial charge in [0.25, 0.3) is 0 Å². The highest BCUT2D eigenvalue weighted by Gasteiger charge is 2.29. The fourth-order valence-electron chi connectivity index (χ4n) is 4.85. The van der Waals surface area contributed by atoms with E-state index in [2.05, 4.69) is 10.6 Å². The molecule has 3 saturated carbocycles. The van der Waals surface area contributed by atoms with E-state index in [0.717, 1.165) is 51.4 Å². The van der Waals surface area contributed by atoms with E-state index in [1.54, 1.807) is 0 Å². The smallest absolute Gasteiger partial charge is 0.223 e. The third kappa shape index (κ3) is 6.41. The Hall–Kier alpha value is -0.810. The van der Waals surface area contributed by atoms with E-state index in [4.69, 9.17) is 5.73 Å². The number of hydrogen-bond donors (Lipinski definition) is 3. The second kappa shape index (κ2) is 10.5. The molecule has 150 valence electrons. The van der Waals surface area contributed by atoms with Crippen LogP contribution in [-0.2, 0) is 9.59 Å². The Labute approximate surface area is 164 Å². The minimum Gasteiger partial charge on any atom is -0.353 e. The highest BCUT2D eigenvalue weighted by atomic mass is 35.5. The monoisotopic (exact) mass is 385 g/mol. The van der Waals surface area contributed by atoms with Gasteiger partial charge in [-0.2, -0.15) is 0 Å². The number of amides is 2. The zero-order valence-electron chi connectivity index (χ0n) is 15.9. The molecule has 3 fully saturated rings. The lowest BCUT2D eigenvalue weighted by Crippen LogP contribution is -2.45. The first kappa shape index (κ1) is 21.5. The van der Waals surface area contributed by atoms with Crippen molar-refractivity contribution < 1.29 is 9.59 Å². The lowest BCUT2D eigenvalue weighted by molar-refractivity contribution is -0.127. The minimum atomic E-state index is 0. The number of rotatable bonds is 5. The summed E-state index contributed by atoms with van der Waals surface area (Å²) in [4.78, 5) is 24.6. The molecule has 0 aromatic rings. The Kier molecular flexibility index (Phi) is 8.68. The summed E-state index contributed by atoms with van der Waals surface area (Å²) < 4.78 is 0. The Bertz CT molecular complexity index is 452. The largest absolute Gasteiger partial charge is 0.353 e. The van der Waals surface area contributed by atoms with Crippen LogP contribution in [0.1, 0.15) is 83.5 Å². The molecule has 0 unspecified atom stereocenters. The maximum Gasteiger partial charge on any atom is 0.223 e. The van der Waals surface area contributed by atoms with Crippen molar-refractivity contribution in [3.63, 3.8) is 0 Å². The van der Waals surface area contributed by atoms with Gasteiger partial charge in [-0.3, -0.25) is 9.59 Å². The van der Waals surface area contributed by atoms with Gasteiger partial charge in [-0.1, -0.05) is 12.8 Å². The summed E-state index contributed by atoms with van der Waals surface area (Å²) in [5.74, 6) is 1.17. The summed E-state index contributed by atoms with van der Waals surface area (Å²) in [5.41, 5.74) is 5.93. The van der Waals surface area contributed by atoms with Crippen LogP contribution in [0, 0.1) is 11.8 Å². The van der Waals surface area contributed by atoms with Gasteiger partial charge in [0.05, 0.1) is 0 Å². The summed E-state index contributed by atoms with van der Waals surface area (Å²) in [6.07, 6.45) is 13.4. The normalized spacial score (nSPS) is 32.5. The van der Waals surface area contributed by atoms with Crippen molar-refractivity contribution in [2.24, 2.45) is 17.6 Å². The summed E-state index contributed by atoms with van der Waals surface area (Å²) in [7, 11) is 0. The molecule has 26 heavy (non-hydrogen) atoms. The summed E-state index contributed by atoms with van der Waals surface area (Å²) >= 11 is 0. The van der Waals surface area contributed by atoms with E-state index in [-0.39, 0.29) is 36.2 Å². The second-order valence-electron chi connectivity index (χ2n) is 8.59. The molecule has 4 N–H and O–H groups in total. The van der Waals surface area contributed by atoms with Gasteiger partial charge in [-0.05, 0) is 70.1 Å². The van der Waals surface area contributed by atoms with Crippen LogP contribution in [0.3, 0.4) is 0 Å². The van der Waals surface area contributed by atoms with Crippen LogP contribution < -0.4 is 16.4 Å². The van der Waals surface area contributed by atoms with Crippen LogP contribution in [0.25, 0.3) is 0 Å². The zero-order chi connectivity index (χ0) is 17.6. The predicted octanol–water partition coefficient (Wildman–Crippen LogP) is 3.05. The third-order valence-corrected chi connectivity index (χ3v) is 6.53. The van der Waals surface area contributed by atoms with Gasteiger partial charge >= 0.3 is 0 Å². The molecule has 3 rings (SSSR count). The van der Waals surface area contributed by atoms with Crippen LogP contribution in [-0.4, -0.2) is 29.9 Å². The fourth-order valence-corrected chi connectivity index (χ4v) is 4.85. The molecule has 0 atom stereocenters. The van der Waals surface area contributed by atoms with Crippen LogP contribution in [0.2, 0.25) is 0 Å². The Balaban J connectivity index is 0.00000243. The molecule has 0 spiro atoms. The van der Waals surface area contributed by atoms with Crippen molar-refractivity contribution in [1.82, 2.24) is 10.6 Å². The average Bonchev–Trinajstić information content (AvgIpc) is 3.10. The first-order valence-corrected chi connectivity index (χ1v) is 10.5. The molecule has 6 heteroatoms. The molecular weight excluding hydrogens is 350 g/mol. The van der Waals surface area contributed by atoms with Crippen molar-refractivity contribution in [1.29, 1.82) is 0 Å². The van der Waals surface area contributed by atoms with Gasteiger partial charge in [0.15, 0.2) is 0 Å². The molecule has 2 amide bonds. The molecule has 0 aromatic carbocycles. The first-order valence-electron chi connectivity index (χ1n) is 10.5. The highest BCUT2D eigenvalue weighted by molar-refractivity contribution is 5.85. The van der Waals surface area contributed by atoms with E-state index < -0.39 is 0 Å². The molecule has 3 aliphatic rings. The lowest BCUT2D eigenvalue weighted by Gasteiger charge is -2.31. The van der Waals surface area contributed by atoms with Crippen molar-refractivity contribution in [3.05, 3.63) is 0 Å². The molecule has 0 saturated heterocycles. The van der Waals surface area contributed by atoms with Crippen LogP contribution in [0.15, 0.2) is 0 Å². The SMILES string of the molecule is Cl.NC1CCC(NC(=O)C2CCC(NC(=O)CC3CCCC3)CC2)CC1. The van der Waals surface area contributed by atoms with E-state index in [9.17, 15) is 9.59 Å². The van der Waals surface area contributed by atoms with Gasteiger partial charge < -0.3 is 16.4 Å². The predicted molar refractivity (Wildman–Crippen MR) is 106 cm³/mol. The van der Waals surface area contributed by atoms with E-state index in [1.165, 1.54) is 25.7 Å². The van der Waals surface area contributed by atoms with Crippen molar-refractivity contribution >= 4 is 24.2 Å². The third-order valence-electron chi connectivity index (χ3n) is 6.53. The summed E-state index contributed by atoms with van der Waals surface area (Å²) in [6, 6.07) is 0.901. The van der Waals surface area contributed by atoms with E-state index in [1.807, 2.05) is 0 Å². The molecule has 0 radical (unpaired) electrons. The second-order valence-corrected chi connectivity index (χ2v) is 8.59. The Morgan fingerprint density at radius 2 is 1.31 bits per heavy atom. The Morgan fingerprint density at radius 1 is 0.769 bits per heavy atom. The van der Waals surface area contributed by atoms with Crippen molar-refractivity contribution in [2.45, 2.75) is 102 Å². The van der Waals surface area contributed by atoms with E-state index >= 15 is 0 Å². The summed E-state index contributed by atoms with van der Waals surface area (Å²) in [6.45, 7) is 0. The molecule has 5 nitrogen and oxygen atoms in total. The molecular formula is C20H36ClN3O2. The highest BCUT2D eigenvalue weighted by Crippen LogP contribution is 2.29. The standard InChI is InChI=1S/C20H35N3O2.ClH/c21-16-7-11-18(12-8-16)23-20(25)15-5-9-17(10-6-15)22-19(24)13-14-3-1-2-4-14;/h14-18H,1-13,21H2,(H,22,24)(H,23,25);1H. The maximum absolute atomic E-state index is 12.5. The van der Waals surface area contributed by atoms with Gasteiger partial charge in [-0.25, -0.2) is 0 Å². The number of hydrogen-bond acceptors (Lipinski definition) is 3.